The molecule has 3 aromatic rings. The lowest BCUT2D eigenvalue weighted by atomic mass is 9.88. The summed E-state index contributed by atoms with van der Waals surface area (Å²) < 4.78 is 24.0. The highest BCUT2D eigenvalue weighted by molar-refractivity contribution is 5.90. The first kappa shape index (κ1) is 28.6. The van der Waals surface area contributed by atoms with E-state index in [1.165, 1.54) is 0 Å². The number of carbonyl (C=O) groups is 2. The van der Waals surface area contributed by atoms with Gasteiger partial charge in [0, 0.05) is 0 Å². The standard InChI is InChI=1S/C32H31NO7/c1-21-9-13-24(14-10-21)30(35)37-20-27-29(40-31(36)25-15-11-22(2)12-16-25)32(3,28(39-27)26(17-33)18-34)38-19-23-7-5-4-6-8-23/h4-16,18,27-29,34H,19-20H2,1-3H3/b26-18+/t27?,28-,29+,32-/m0/s1. The summed E-state index contributed by atoms with van der Waals surface area (Å²) in [6.45, 7) is 5.28. The van der Waals surface area contributed by atoms with E-state index in [0.717, 1.165) is 16.7 Å². The van der Waals surface area contributed by atoms with Crippen LogP contribution in [0.15, 0.2) is 90.7 Å². The third-order valence-electron chi connectivity index (χ3n) is 6.86. The summed E-state index contributed by atoms with van der Waals surface area (Å²) in [6.07, 6.45) is -2.58. The Morgan fingerprint density at radius 2 is 1.52 bits per heavy atom. The van der Waals surface area contributed by atoms with Gasteiger partial charge in [0.2, 0.25) is 0 Å². The van der Waals surface area contributed by atoms with Gasteiger partial charge in [0.05, 0.1) is 29.6 Å². The molecule has 1 aliphatic heterocycles. The number of hydrogen-bond acceptors (Lipinski definition) is 8. The molecule has 3 aromatic carbocycles. The quantitative estimate of drug-likeness (QED) is 0.218. The van der Waals surface area contributed by atoms with E-state index < -0.39 is 35.9 Å². The first-order valence-electron chi connectivity index (χ1n) is 12.8. The molecular formula is C32H31NO7. The number of aliphatic hydroxyl groups is 1. The van der Waals surface area contributed by atoms with Crippen LogP contribution < -0.4 is 0 Å². The fourth-order valence-corrected chi connectivity index (χ4v) is 4.53. The van der Waals surface area contributed by atoms with Gasteiger partial charge in [-0.25, -0.2) is 9.59 Å². The first-order chi connectivity index (χ1) is 19.2. The zero-order valence-corrected chi connectivity index (χ0v) is 22.6. The molecule has 1 unspecified atom stereocenters. The van der Waals surface area contributed by atoms with Crippen LogP contribution in [0.3, 0.4) is 0 Å². The zero-order valence-electron chi connectivity index (χ0n) is 22.6. The summed E-state index contributed by atoms with van der Waals surface area (Å²) in [5.41, 5.74) is 1.92. The number of hydrogen-bond donors (Lipinski definition) is 1. The molecule has 0 bridgehead atoms. The minimum absolute atomic E-state index is 0.107. The molecule has 0 saturated carbocycles. The van der Waals surface area contributed by atoms with Crippen molar-refractivity contribution >= 4 is 11.9 Å². The average Bonchev–Trinajstić information content (AvgIpc) is 3.23. The van der Waals surface area contributed by atoms with Crippen LogP contribution in [0.5, 0.6) is 0 Å². The molecule has 0 aromatic heterocycles. The molecule has 0 aliphatic carbocycles. The van der Waals surface area contributed by atoms with Crippen LogP contribution in [-0.2, 0) is 25.6 Å². The van der Waals surface area contributed by atoms with E-state index in [4.69, 9.17) is 18.9 Å². The molecule has 1 aliphatic rings. The summed E-state index contributed by atoms with van der Waals surface area (Å²) in [7, 11) is 0. The van der Waals surface area contributed by atoms with E-state index in [1.54, 1.807) is 55.5 Å². The molecule has 4 atom stereocenters. The summed E-state index contributed by atoms with van der Waals surface area (Å²) in [6, 6.07) is 25.0. The number of aliphatic hydroxyl groups excluding tert-OH is 1. The fourth-order valence-electron chi connectivity index (χ4n) is 4.53. The van der Waals surface area contributed by atoms with Gasteiger partial charge in [0.15, 0.2) is 6.10 Å². The Kier molecular flexibility index (Phi) is 9.00. The molecule has 4 rings (SSSR count). The lowest BCUT2D eigenvalue weighted by Crippen LogP contribution is -2.51. The van der Waals surface area contributed by atoms with Crippen molar-refractivity contribution in [1.82, 2.24) is 0 Å². The molecular weight excluding hydrogens is 510 g/mol. The van der Waals surface area contributed by atoms with Crippen molar-refractivity contribution in [3.8, 4) is 6.07 Å². The monoisotopic (exact) mass is 541 g/mol. The molecule has 8 nitrogen and oxygen atoms in total. The van der Waals surface area contributed by atoms with Crippen LogP contribution in [0.2, 0.25) is 0 Å². The largest absolute Gasteiger partial charge is 0.514 e. The second-order valence-electron chi connectivity index (χ2n) is 9.87. The van der Waals surface area contributed by atoms with Crippen molar-refractivity contribution in [1.29, 1.82) is 5.26 Å². The van der Waals surface area contributed by atoms with E-state index >= 15 is 0 Å². The number of benzene rings is 3. The summed E-state index contributed by atoms with van der Waals surface area (Å²) in [4.78, 5) is 26.0. The van der Waals surface area contributed by atoms with Crippen molar-refractivity contribution in [3.63, 3.8) is 0 Å². The molecule has 0 spiro atoms. The Hall–Kier alpha value is -4.45. The van der Waals surface area contributed by atoms with Crippen LogP contribution in [0.1, 0.15) is 44.3 Å². The first-order valence-corrected chi connectivity index (χ1v) is 12.8. The van der Waals surface area contributed by atoms with Gasteiger partial charge in [-0.1, -0.05) is 65.7 Å². The lowest BCUT2D eigenvalue weighted by molar-refractivity contribution is -0.120. The highest BCUT2D eigenvalue weighted by Gasteiger charge is 2.59. The van der Waals surface area contributed by atoms with Crippen LogP contribution in [0.4, 0.5) is 0 Å². The third kappa shape index (κ3) is 6.40. The maximum absolute atomic E-state index is 13.3. The number of carbonyl (C=O) groups excluding carboxylic acids is 2. The second-order valence-corrected chi connectivity index (χ2v) is 9.87. The van der Waals surface area contributed by atoms with E-state index in [9.17, 15) is 20.0 Å². The molecule has 1 heterocycles. The predicted molar refractivity (Wildman–Crippen MR) is 146 cm³/mol. The van der Waals surface area contributed by atoms with Gasteiger partial charge in [-0.3, -0.25) is 0 Å². The second kappa shape index (κ2) is 12.6. The lowest BCUT2D eigenvalue weighted by Gasteiger charge is -2.34. The fraction of sp³-hybridized carbons (Fsp3) is 0.281. The normalized spacial score (nSPS) is 22.4. The minimum Gasteiger partial charge on any atom is -0.514 e. The van der Waals surface area contributed by atoms with Crippen molar-refractivity contribution < 1.29 is 33.6 Å². The van der Waals surface area contributed by atoms with Gasteiger partial charge in [-0.15, -0.1) is 0 Å². The van der Waals surface area contributed by atoms with Gasteiger partial charge in [-0.05, 0) is 50.6 Å². The van der Waals surface area contributed by atoms with Gasteiger partial charge >= 0.3 is 11.9 Å². The van der Waals surface area contributed by atoms with E-state index in [0.29, 0.717) is 17.4 Å². The highest BCUT2D eigenvalue weighted by atomic mass is 16.6. The molecule has 1 saturated heterocycles. The highest BCUT2D eigenvalue weighted by Crippen LogP contribution is 2.41. The summed E-state index contributed by atoms with van der Waals surface area (Å²) in [5, 5.41) is 19.6. The number of esters is 2. The summed E-state index contributed by atoms with van der Waals surface area (Å²) in [5.74, 6) is -1.22. The van der Waals surface area contributed by atoms with Gasteiger partial charge in [0.1, 0.15) is 30.5 Å². The number of ether oxygens (including phenoxy) is 4. The van der Waals surface area contributed by atoms with Gasteiger partial charge in [0.25, 0.3) is 0 Å². The molecule has 0 amide bonds. The van der Waals surface area contributed by atoms with Crippen LogP contribution in [-0.4, -0.2) is 47.6 Å². The maximum atomic E-state index is 13.3. The van der Waals surface area contributed by atoms with Gasteiger partial charge in [-0.2, -0.15) is 5.26 Å². The Bertz CT molecular complexity index is 1390. The van der Waals surface area contributed by atoms with Gasteiger partial charge < -0.3 is 24.1 Å². The third-order valence-corrected chi connectivity index (χ3v) is 6.86. The number of rotatable bonds is 9. The minimum atomic E-state index is -1.43. The molecule has 8 heteroatoms. The Morgan fingerprint density at radius 3 is 2.08 bits per heavy atom. The van der Waals surface area contributed by atoms with E-state index in [2.05, 4.69) is 0 Å². The van der Waals surface area contributed by atoms with Crippen molar-refractivity contribution in [2.45, 2.75) is 51.3 Å². The molecule has 206 valence electrons. The number of aryl methyl sites for hydroxylation is 2. The van der Waals surface area contributed by atoms with Crippen molar-refractivity contribution in [3.05, 3.63) is 119 Å². The van der Waals surface area contributed by atoms with Crippen LogP contribution in [0.25, 0.3) is 0 Å². The van der Waals surface area contributed by atoms with Crippen LogP contribution >= 0.6 is 0 Å². The molecule has 0 radical (unpaired) electrons. The zero-order chi connectivity index (χ0) is 28.7. The number of nitrogens with zero attached hydrogens (tertiary/aromatic N) is 1. The average molecular weight is 542 g/mol. The smallest absolute Gasteiger partial charge is 0.338 e. The van der Waals surface area contributed by atoms with E-state index in [1.807, 2.05) is 50.2 Å². The molecule has 1 fully saturated rings. The SMILES string of the molecule is Cc1ccc(C(=O)OCC2O[C@@H](/C(C#N)=C/O)[C@](C)(OCc3ccccc3)[C@@H]2OC(=O)c2ccc(C)cc2)cc1. The van der Waals surface area contributed by atoms with E-state index in [-0.39, 0.29) is 18.8 Å². The maximum Gasteiger partial charge on any atom is 0.338 e. The predicted octanol–water partition coefficient (Wildman–Crippen LogP) is 5.39. The molecule has 40 heavy (non-hydrogen) atoms. The van der Waals surface area contributed by atoms with Crippen molar-refractivity contribution in [2.75, 3.05) is 6.61 Å². The Morgan fingerprint density at radius 1 is 0.950 bits per heavy atom. The topological polar surface area (TPSA) is 115 Å². The Balaban J connectivity index is 1.65. The van der Waals surface area contributed by atoms with Crippen molar-refractivity contribution in [2.24, 2.45) is 0 Å². The number of nitriles is 1. The summed E-state index contributed by atoms with van der Waals surface area (Å²) >= 11 is 0. The van der Waals surface area contributed by atoms with Crippen LogP contribution in [0, 0.1) is 25.2 Å². The molecule has 1 N–H and O–H groups in total. The Labute approximate surface area is 233 Å².